The molecule has 0 heterocycles. The fourth-order valence-electron chi connectivity index (χ4n) is 5.53. The summed E-state index contributed by atoms with van der Waals surface area (Å²) in [6.07, 6.45) is 1.78. The molecule has 6 rings (SSSR count). The number of aliphatic hydroxyl groups is 4. The minimum atomic E-state index is -0.952. The van der Waals surface area contributed by atoms with E-state index in [0.29, 0.717) is 17.8 Å². The van der Waals surface area contributed by atoms with Crippen molar-refractivity contribution in [2.75, 3.05) is 24.7 Å². The third-order valence-electron chi connectivity index (χ3n) is 8.00. The van der Waals surface area contributed by atoms with Gasteiger partial charge in [-0.3, -0.25) is 0 Å². The van der Waals surface area contributed by atoms with Crippen LogP contribution in [-0.2, 0) is 0 Å². The summed E-state index contributed by atoms with van der Waals surface area (Å²) >= 11 is 0. The van der Waals surface area contributed by atoms with Gasteiger partial charge in [0.2, 0.25) is 0 Å². The summed E-state index contributed by atoms with van der Waals surface area (Å²) in [7, 11) is 0. The Morgan fingerprint density at radius 2 is 1.24 bits per heavy atom. The Hall–Kier alpha value is -6.02. The molecule has 246 valence electrons. The normalized spacial score (nSPS) is 12.4. The molecule has 0 amide bonds. The summed E-state index contributed by atoms with van der Waals surface area (Å²) in [5, 5.41) is 39.6. The predicted octanol–water partition coefficient (Wildman–Crippen LogP) is 8.97. The van der Waals surface area contributed by atoms with E-state index >= 15 is 0 Å². The highest BCUT2D eigenvalue weighted by molar-refractivity contribution is 5.99. The molecule has 0 aromatic heterocycles. The van der Waals surface area contributed by atoms with Gasteiger partial charge >= 0.3 is 0 Å². The largest absolute Gasteiger partial charge is 0.512 e. The third-order valence-corrected chi connectivity index (χ3v) is 8.00. The second kappa shape index (κ2) is 15.7. The van der Waals surface area contributed by atoms with Crippen molar-refractivity contribution < 1.29 is 29.9 Å². The summed E-state index contributed by atoms with van der Waals surface area (Å²) in [4.78, 5) is 2.27. The van der Waals surface area contributed by atoms with Crippen LogP contribution in [0, 0.1) is 0 Å². The first kappa shape index (κ1) is 32.9. The molecule has 0 spiro atoms. The maximum absolute atomic E-state index is 9.68. The van der Waals surface area contributed by atoms with Crippen LogP contribution in [0.2, 0.25) is 0 Å². The minimum absolute atomic E-state index is 0.00779. The number of benzene rings is 6. The summed E-state index contributed by atoms with van der Waals surface area (Å²) in [5.74, 6) is 0.851. The first-order chi connectivity index (χ1) is 24.0. The molecule has 0 aliphatic carbocycles. The fraction of sp³-hybridized carbons (Fsp3) is 0.0952. The van der Waals surface area contributed by atoms with Gasteiger partial charge in [0.25, 0.3) is 0 Å². The van der Waals surface area contributed by atoms with Crippen LogP contribution in [0.15, 0.2) is 158 Å². The Labute approximate surface area is 285 Å². The van der Waals surface area contributed by atoms with Crippen molar-refractivity contribution in [2.24, 2.45) is 0 Å². The molecule has 0 saturated carbocycles. The zero-order valence-corrected chi connectivity index (χ0v) is 26.8. The number of ether oxygens (including phenoxy) is 2. The number of nitrogens with zero attached hydrogens (tertiary/aromatic N) is 1. The van der Waals surface area contributed by atoms with Crippen molar-refractivity contribution in [3.8, 4) is 11.5 Å². The first-order valence-electron chi connectivity index (χ1n) is 15.9. The van der Waals surface area contributed by atoms with Crippen LogP contribution in [0.1, 0.15) is 16.7 Å². The van der Waals surface area contributed by atoms with Crippen LogP contribution >= 0.6 is 0 Å². The third kappa shape index (κ3) is 8.11. The number of aliphatic hydroxyl groups excluding tert-OH is 4. The zero-order chi connectivity index (χ0) is 34.0. The summed E-state index contributed by atoms with van der Waals surface area (Å²) in [6, 6.07) is 48.6. The number of hydrogen-bond donors (Lipinski definition) is 4. The molecular formula is C42H37NO6. The molecule has 7 nitrogen and oxygen atoms in total. The van der Waals surface area contributed by atoms with E-state index in [-0.39, 0.29) is 25.6 Å². The fourth-order valence-corrected chi connectivity index (χ4v) is 5.53. The van der Waals surface area contributed by atoms with E-state index in [0.717, 1.165) is 44.7 Å². The predicted molar refractivity (Wildman–Crippen MR) is 196 cm³/mol. The Kier molecular flexibility index (Phi) is 10.6. The second-order valence-electron chi connectivity index (χ2n) is 11.4. The maximum Gasteiger partial charge on any atom is 0.164 e. The highest BCUT2D eigenvalue weighted by Crippen LogP contribution is 2.39. The standard InChI is InChI=1S/C42H37NO6/c44-26-36(46)28-48-38-21-15-32(16-22-38)41(33-17-23-39(24-18-33)49-29-37(47)27-45)25-30-13-19-35(20-14-30)43(34-9-2-1-3-10-34)42-12-6-8-31-7-4-5-11-40(31)42/h1-26,37,44-47H,27-29H2/b36-26+,41-25?. The summed E-state index contributed by atoms with van der Waals surface area (Å²) in [6.45, 7) is -0.521. The molecule has 1 atom stereocenters. The number of rotatable bonds is 13. The molecule has 4 N–H and O–H groups in total. The van der Waals surface area contributed by atoms with E-state index in [2.05, 4.69) is 89.8 Å². The molecule has 0 aliphatic heterocycles. The summed E-state index contributed by atoms with van der Waals surface area (Å²) < 4.78 is 11.2. The van der Waals surface area contributed by atoms with Crippen molar-refractivity contribution in [3.05, 3.63) is 174 Å². The molecule has 0 saturated heterocycles. The molecule has 0 radical (unpaired) electrons. The van der Waals surface area contributed by atoms with Gasteiger partial charge in [0.1, 0.15) is 37.1 Å². The lowest BCUT2D eigenvalue weighted by molar-refractivity contribution is 0.0536. The molecular weight excluding hydrogens is 614 g/mol. The van der Waals surface area contributed by atoms with Crippen molar-refractivity contribution in [2.45, 2.75) is 6.10 Å². The van der Waals surface area contributed by atoms with Crippen molar-refractivity contribution in [1.82, 2.24) is 0 Å². The second-order valence-corrected chi connectivity index (χ2v) is 11.4. The molecule has 1 unspecified atom stereocenters. The van der Waals surface area contributed by atoms with Crippen LogP contribution < -0.4 is 14.4 Å². The Morgan fingerprint density at radius 1 is 0.653 bits per heavy atom. The lowest BCUT2D eigenvalue weighted by Gasteiger charge is -2.27. The van der Waals surface area contributed by atoms with E-state index in [9.17, 15) is 10.2 Å². The Balaban J connectivity index is 1.36. The Morgan fingerprint density at radius 3 is 1.90 bits per heavy atom. The molecule has 0 bridgehead atoms. The van der Waals surface area contributed by atoms with Crippen molar-refractivity contribution >= 4 is 39.5 Å². The average molecular weight is 652 g/mol. The van der Waals surface area contributed by atoms with E-state index in [1.807, 2.05) is 66.7 Å². The van der Waals surface area contributed by atoms with Gasteiger partial charge in [-0.05, 0) is 88.3 Å². The molecule has 0 aliphatic rings. The van der Waals surface area contributed by atoms with Crippen LogP contribution in [0.5, 0.6) is 11.5 Å². The van der Waals surface area contributed by atoms with Gasteiger partial charge in [-0.1, -0.05) is 91.0 Å². The summed E-state index contributed by atoms with van der Waals surface area (Å²) in [5.41, 5.74) is 6.99. The highest BCUT2D eigenvalue weighted by atomic mass is 16.5. The maximum atomic E-state index is 9.68. The lowest BCUT2D eigenvalue weighted by Crippen LogP contribution is -2.21. The smallest absolute Gasteiger partial charge is 0.164 e. The van der Waals surface area contributed by atoms with Gasteiger partial charge < -0.3 is 34.8 Å². The number of anilines is 3. The number of para-hydroxylation sites is 1. The van der Waals surface area contributed by atoms with Gasteiger partial charge in [-0.25, -0.2) is 0 Å². The zero-order valence-electron chi connectivity index (χ0n) is 26.8. The van der Waals surface area contributed by atoms with Crippen LogP contribution in [0.25, 0.3) is 22.4 Å². The monoisotopic (exact) mass is 651 g/mol. The van der Waals surface area contributed by atoms with Gasteiger partial charge in [-0.2, -0.15) is 0 Å². The quantitative estimate of drug-likeness (QED) is 0.0730. The van der Waals surface area contributed by atoms with E-state index in [1.165, 1.54) is 5.39 Å². The van der Waals surface area contributed by atoms with Crippen LogP contribution in [0.4, 0.5) is 17.1 Å². The Bertz CT molecular complexity index is 2020. The molecule has 7 heteroatoms. The first-order valence-corrected chi connectivity index (χ1v) is 15.9. The molecule has 49 heavy (non-hydrogen) atoms. The minimum Gasteiger partial charge on any atom is -0.512 e. The van der Waals surface area contributed by atoms with E-state index in [1.54, 1.807) is 0 Å². The number of hydrogen-bond acceptors (Lipinski definition) is 7. The van der Waals surface area contributed by atoms with Crippen LogP contribution in [-0.4, -0.2) is 46.4 Å². The molecule has 6 aromatic carbocycles. The SMILES string of the molecule is O/C=C(/O)COc1ccc(C(=Cc2ccc(N(c3ccccc3)c3cccc4ccccc34)cc2)c2ccc(OCC(O)CO)cc2)cc1. The molecule has 0 fully saturated rings. The van der Waals surface area contributed by atoms with Gasteiger partial charge in [0.05, 0.1) is 12.3 Å². The van der Waals surface area contributed by atoms with E-state index < -0.39 is 6.10 Å². The van der Waals surface area contributed by atoms with Gasteiger partial charge in [0, 0.05) is 16.8 Å². The number of fused-ring (bicyclic) bond motifs is 1. The van der Waals surface area contributed by atoms with Crippen molar-refractivity contribution in [3.63, 3.8) is 0 Å². The van der Waals surface area contributed by atoms with Crippen molar-refractivity contribution in [1.29, 1.82) is 0 Å². The molecule has 6 aromatic rings. The highest BCUT2D eigenvalue weighted by Gasteiger charge is 2.15. The lowest BCUT2D eigenvalue weighted by atomic mass is 9.95. The topological polar surface area (TPSA) is 103 Å². The average Bonchev–Trinajstić information content (AvgIpc) is 3.16. The van der Waals surface area contributed by atoms with Crippen LogP contribution in [0.3, 0.4) is 0 Å². The van der Waals surface area contributed by atoms with E-state index in [4.69, 9.17) is 19.7 Å². The van der Waals surface area contributed by atoms with Gasteiger partial charge in [0.15, 0.2) is 5.76 Å². The van der Waals surface area contributed by atoms with Gasteiger partial charge in [-0.15, -0.1) is 0 Å².